The SMILES string of the molecule is CCOC(=O)C12CCC(=O)N1CC(COc1ccc(C)cc1)C2. The number of hydrogen-bond donors (Lipinski definition) is 0. The van der Waals surface area contributed by atoms with Crippen molar-refractivity contribution in [2.75, 3.05) is 19.8 Å². The second kappa shape index (κ2) is 6.22. The number of aryl methyl sites for hydroxylation is 1. The first-order chi connectivity index (χ1) is 11.0. The number of fused-ring (bicyclic) bond motifs is 1. The number of carbonyl (C=O) groups is 2. The van der Waals surface area contributed by atoms with E-state index in [1.807, 2.05) is 31.2 Å². The van der Waals surface area contributed by atoms with Gasteiger partial charge in [-0.25, -0.2) is 4.79 Å². The molecule has 3 rings (SSSR count). The van der Waals surface area contributed by atoms with Crippen LogP contribution in [0.3, 0.4) is 0 Å². The average molecular weight is 317 g/mol. The van der Waals surface area contributed by atoms with Crippen molar-refractivity contribution in [2.45, 2.75) is 38.6 Å². The molecule has 23 heavy (non-hydrogen) atoms. The lowest BCUT2D eigenvalue weighted by molar-refractivity contribution is -0.157. The van der Waals surface area contributed by atoms with Crippen LogP contribution < -0.4 is 4.74 Å². The van der Waals surface area contributed by atoms with Crippen LogP contribution >= 0.6 is 0 Å². The molecule has 2 saturated heterocycles. The number of amides is 1. The molecule has 2 heterocycles. The zero-order chi connectivity index (χ0) is 16.4. The Morgan fingerprint density at radius 2 is 2.09 bits per heavy atom. The summed E-state index contributed by atoms with van der Waals surface area (Å²) in [7, 11) is 0. The van der Waals surface area contributed by atoms with Crippen LogP contribution in [0.4, 0.5) is 0 Å². The highest BCUT2D eigenvalue weighted by molar-refractivity contribution is 5.92. The predicted octanol–water partition coefficient (Wildman–Crippen LogP) is 2.32. The van der Waals surface area contributed by atoms with E-state index in [0.717, 1.165) is 5.75 Å². The molecule has 0 radical (unpaired) electrons. The fraction of sp³-hybridized carbons (Fsp3) is 0.556. The highest BCUT2D eigenvalue weighted by atomic mass is 16.5. The van der Waals surface area contributed by atoms with E-state index in [0.29, 0.717) is 39.0 Å². The van der Waals surface area contributed by atoms with Gasteiger partial charge in [0.25, 0.3) is 0 Å². The Balaban J connectivity index is 1.66. The molecule has 2 atom stereocenters. The van der Waals surface area contributed by atoms with Gasteiger partial charge in [-0.2, -0.15) is 0 Å². The van der Waals surface area contributed by atoms with Crippen LogP contribution in [0.1, 0.15) is 31.7 Å². The van der Waals surface area contributed by atoms with Crippen molar-refractivity contribution < 1.29 is 19.1 Å². The second-order valence-corrected chi connectivity index (χ2v) is 6.45. The average Bonchev–Trinajstić information content (AvgIpc) is 3.06. The van der Waals surface area contributed by atoms with Gasteiger partial charge in [-0.15, -0.1) is 0 Å². The second-order valence-electron chi connectivity index (χ2n) is 6.45. The molecule has 0 aliphatic carbocycles. The Bertz CT molecular complexity index is 598. The minimum atomic E-state index is -0.756. The van der Waals surface area contributed by atoms with E-state index in [1.54, 1.807) is 11.8 Å². The minimum Gasteiger partial charge on any atom is -0.493 e. The third-order valence-electron chi connectivity index (χ3n) is 4.80. The highest BCUT2D eigenvalue weighted by Crippen LogP contribution is 2.43. The minimum absolute atomic E-state index is 0.0517. The number of benzene rings is 1. The molecule has 2 aliphatic heterocycles. The molecule has 2 fully saturated rings. The molecule has 0 N–H and O–H groups in total. The van der Waals surface area contributed by atoms with Crippen molar-refractivity contribution in [3.8, 4) is 5.75 Å². The first-order valence-corrected chi connectivity index (χ1v) is 8.22. The normalized spacial score (nSPS) is 26.3. The van der Waals surface area contributed by atoms with E-state index in [2.05, 4.69) is 0 Å². The first-order valence-electron chi connectivity index (χ1n) is 8.22. The molecule has 5 heteroatoms. The van der Waals surface area contributed by atoms with Gasteiger partial charge < -0.3 is 14.4 Å². The largest absolute Gasteiger partial charge is 0.493 e. The lowest BCUT2D eigenvalue weighted by atomic mass is 9.90. The highest BCUT2D eigenvalue weighted by Gasteiger charge is 2.57. The maximum Gasteiger partial charge on any atom is 0.332 e. The van der Waals surface area contributed by atoms with E-state index >= 15 is 0 Å². The van der Waals surface area contributed by atoms with Crippen LogP contribution in [0.25, 0.3) is 0 Å². The predicted molar refractivity (Wildman–Crippen MR) is 85.1 cm³/mol. The van der Waals surface area contributed by atoms with Crippen molar-refractivity contribution in [2.24, 2.45) is 5.92 Å². The van der Waals surface area contributed by atoms with Crippen LogP contribution in [-0.2, 0) is 14.3 Å². The van der Waals surface area contributed by atoms with Gasteiger partial charge in [0.05, 0.1) is 13.2 Å². The number of esters is 1. The van der Waals surface area contributed by atoms with E-state index in [9.17, 15) is 9.59 Å². The quantitative estimate of drug-likeness (QED) is 0.782. The fourth-order valence-electron chi connectivity index (χ4n) is 3.63. The third-order valence-corrected chi connectivity index (χ3v) is 4.80. The van der Waals surface area contributed by atoms with Gasteiger partial charge in [0.2, 0.25) is 5.91 Å². The topological polar surface area (TPSA) is 55.8 Å². The standard InChI is InChI=1S/C18H23NO4/c1-3-22-17(21)18-9-8-16(20)19(18)11-14(10-18)12-23-15-6-4-13(2)5-7-15/h4-7,14H,3,8-12H2,1-2H3. The summed E-state index contributed by atoms with van der Waals surface area (Å²) in [5, 5.41) is 0. The van der Waals surface area contributed by atoms with Gasteiger partial charge in [-0.05, 0) is 38.8 Å². The Morgan fingerprint density at radius 1 is 1.35 bits per heavy atom. The van der Waals surface area contributed by atoms with Crippen LogP contribution in [-0.4, -0.2) is 42.1 Å². The summed E-state index contributed by atoms with van der Waals surface area (Å²) >= 11 is 0. The number of ether oxygens (including phenoxy) is 2. The van der Waals surface area contributed by atoms with Gasteiger partial charge in [-0.3, -0.25) is 4.79 Å². The molecular formula is C18H23NO4. The molecule has 5 nitrogen and oxygen atoms in total. The number of nitrogens with zero attached hydrogens (tertiary/aromatic N) is 1. The summed E-state index contributed by atoms with van der Waals surface area (Å²) in [5.74, 6) is 0.767. The Kier molecular flexibility index (Phi) is 4.28. The molecule has 2 unspecified atom stereocenters. The van der Waals surface area contributed by atoms with Gasteiger partial charge >= 0.3 is 5.97 Å². The molecule has 1 aromatic carbocycles. The van der Waals surface area contributed by atoms with Crippen molar-refractivity contribution in [3.05, 3.63) is 29.8 Å². The molecule has 1 aromatic rings. The smallest absolute Gasteiger partial charge is 0.332 e. The van der Waals surface area contributed by atoms with Gasteiger partial charge in [0.15, 0.2) is 0 Å². The monoisotopic (exact) mass is 317 g/mol. The van der Waals surface area contributed by atoms with Crippen LogP contribution in [0.2, 0.25) is 0 Å². The van der Waals surface area contributed by atoms with Crippen LogP contribution in [0, 0.1) is 12.8 Å². The van der Waals surface area contributed by atoms with E-state index in [1.165, 1.54) is 5.56 Å². The Morgan fingerprint density at radius 3 is 2.78 bits per heavy atom. The van der Waals surface area contributed by atoms with E-state index in [4.69, 9.17) is 9.47 Å². The van der Waals surface area contributed by atoms with Crippen molar-refractivity contribution >= 4 is 11.9 Å². The number of rotatable bonds is 5. The van der Waals surface area contributed by atoms with Crippen molar-refractivity contribution in [3.63, 3.8) is 0 Å². The summed E-state index contributed by atoms with van der Waals surface area (Å²) in [6.45, 7) is 5.25. The summed E-state index contributed by atoms with van der Waals surface area (Å²) in [6.07, 6.45) is 1.62. The lowest BCUT2D eigenvalue weighted by Crippen LogP contribution is -2.48. The van der Waals surface area contributed by atoms with Gasteiger partial charge in [0.1, 0.15) is 11.3 Å². The van der Waals surface area contributed by atoms with Gasteiger partial charge in [-0.1, -0.05) is 17.7 Å². The number of carbonyl (C=O) groups excluding carboxylic acids is 2. The van der Waals surface area contributed by atoms with Crippen molar-refractivity contribution in [1.29, 1.82) is 0 Å². The van der Waals surface area contributed by atoms with Gasteiger partial charge in [0, 0.05) is 18.9 Å². The van der Waals surface area contributed by atoms with E-state index in [-0.39, 0.29) is 17.8 Å². The van der Waals surface area contributed by atoms with Crippen LogP contribution in [0.5, 0.6) is 5.75 Å². The summed E-state index contributed by atoms with van der Waals surface area (Å²) < 4.78 is 11.1. The maximum absolute atomic E-state index is 12.4. The van der Waals surface area contributed by atoms with E-state index < -0.39 is 5.54 Å². The molecular weight excluding hydrogens is 294 g/mol. The van der Waals surface area contributed by atoms with Crippen molar-refractivity contribution in [1.82, 2.24) is 4.90 Å². The summed E-state index contributed by atoms with van der Waals surface area (Å²) in [4.78, 5) is 26.2. The lowest BCUT2D eigenvalue weighted by Gasteiger charge is -2.28. The summed E-state index contributed by atoms with van der Waals surface area (Å²) in [6, 6.07) is 7.90. The molecule has 124 valence electrons. The van der Waals surface area contributed by atoms with Crippen LogP contribution in [0.15, 0.2) is 24.3 Å². The Labute approximate surface area is 136 Å². The molecule has 0 spiro atoms. The zero-order valence-electron chi connectivity index (χ0n) is 13.7. The summed E-state index contributed by atoms with van der Waals surface area (Å²) in [5.41, 5.74) is 0.430. The molecule has 0 bridgehead atoms. The molecule has 0 aromatic heterocycles. The zero-order valence-corrected chi connectivity index (χ0v) is 13.7. The number of hydrogen-bond acceptors (Lipinski definition) is 4. The third kappa shape index (κ3) is 2.92. The maximum atomic E-state index is 12.4. The molecule has 2 aliphatic rings. The molecule has 1 amide bonds. The molecule has 0 saturated carbocycles. The Hall–Kier alpha value is -2.04. The first kappa shape index (κ1) is 15.8. The fourth-order valence-corrected chi connectivity index (χ4v) is 3.63.